The average molecular weight is 352 g/mol. The van der Waals surface area contributed by atoms with Crippen LogP contribution in [0.1, 0.15) is 20.3 Å². The molecule has 2 saturated heterocycles. The second-order valence-corrected chi connectivity index (χ2v) is 8.40. The SMILES string of the molecule is CC1(C)OC[C@@H]([C@H]2OC(=O)C(O)=C2OP2(=S)OCCCO2)O1. The Bertz CT molecular complexity index is 549. The van der Waals surface area contributed by atoms with Crippen molar-refractivity contribution in [2.45, 2.75) is 38.3 Å². The molecule has 0 aromatic carbocycles. The van der Waals surface area contributed by atoms with Crippen LogP contribution in [-0.4, -0.2) is 48.9 Å². The lowest BCUT2D eigenvalue weighted by molar-refractivity contribution is -0.162. The van der Waals surface area contributed by atoms with E-state index >= 15 is 0 Å². The standard InChI is InChI=1S/C12H17O8PS/c1-12(2)15-6-7(19-12)9-10(8(13)11(14)18-9)20-21(22)16-4-3-5-17-21/h7,9,13H,3-6H2,1-2H3/t7-,9+/m0/s1. The minimum atomic E-state index is -3.05. The van der Waals surface area contributed by atoms with Gasteiger partial charge < -0.3 is 23.8 Å². The van der Waals surface area contributed by atoms with Crippen LogP contribution in [0.3, 0.4) is 0 Å². The lowest BCUT2D eigenvalue weighted by Gasteiger charge is -2.28. The Hall–Kier alpha value is -0.700. The van der Waals surface area contributed by atoms with Crippen LogP contribution < -0.4 is 0 Å². The molecule has 8 nitrogen and oxygen atoms in total. The van der Waals surface area contributed by atoms with Crippen LogP contribution in [-0.2, 0) is 44.4 Å². The summed E-state index contributed by atoms with van der Waals surface area (Å²) in [6.45, 7) is 1.43. The van der Waals surface area contributed by atoms with Crippen LogP contribution in [0.15, 0.2) is 11.5 Å². The van der Waals surface area contributed by atoms with Crippen LogP contribution in [0.5, 0.6) is 0 Å². The van der Waals surface area contributed by atoms with E-state index in [1.165, 1.54) is 0 Å². The summed E-state index contributed by atoms with van der Waals surface area (Å²) in [6.07, 6.45) is -0.840. The number of carbonyl (C=O) groups excluding carboxylic acids is 1. The molecule has 1 N–H and O–H groups in total. The minimum Gasteiger partial charge on any atom is -0.499 e. The van der Waals surface area contributed by atoms with Crippen LogP contribution in [0.25, 0.3) is 0 Å². The number of esters is 1. The van der Waals surface area contributed by atoms with Gasteiger partial charge in [-0.2, -0.15) is 0 Å². The monoisotopic (exact) mass is 352 g/mol. The van der Waals surface area contributed by atoms with Crippen LogP contribution in [0.2, 0.25) is 0 Å². The quantitative estimate of drug-likeness (QED) is 0.599. The first-order valence-electron chi connectivity index (χ1n) is 6.84. The van der Waals surface area contributed by atoms with Gasteiger partial charge in [0.1, 0.15) is 6.10 Å². The third-order valence-electron chi connectivity index (χ3n) is 3.28. The number of carbonyl (C=O) groups is 1. The van der Waals surface area contributed by atoms with Crippen LogP contribution in [0.4, 0.5) is 0 Å². The van der Waals surface area contributed by atoms with Crippen molar-refractivity contribution in [3.05, 3.63) is 11.5 Å². The molecule has 0 radical (unpaired) electrons. The van der Waals surface area contributed by atoms with E-state index in [0.717, 1.165) is 0 Å². The number of hydrogen-bond acceptors (Lipinski definition) is 9. The van der Waals surface area contributed by atoms with Gasteiger partial charge >= 0.3 is 12.7 Å². The van der Waals surface area contributed by atoms with Gasteiger partial charge in [0, 0.05) is 11.8 Å². The second-order valence-electron chi connectivity index (χ2n) is 5.46. The molecule has 0 aromatic rings. The third kappa shape index (κ3) is 3.15. The van der Waals surface area contributed by atoms with Gasteiger partial charge in [-0.1, -0.05) is 0 Å². The molecule has 0 amide bonds. The zero-order chi connectivity index (χ0) is 16.0. The Morgan fingerprint density at radius 1 is 1.36 bits per heavy atom. The van der Waals surface area contributed by atoms with E-state index in [2.05, 4.69) is 0 Å². The Morgan fingerprint density at radius 3 is 2.64 bits per heavy atom. The number of rotatable bonds is 3. The van der Waals surface area contributed by atoms with Crippen molar-refractivity contribution in [3.8, 4) is 0 Å². The lowest BCUT2D eigenvalue weighted by Crippen LogP contribution is -2.33. The summed E-state index contributed by atoms with van der Waals surface area (Å²) in [4.78, 5) is 11.6. The molecule has 0 spiro atoms. The average Bonchev–Trinajstić information content (AvgIpc) is 2.94. The normalized spacial score (nSPS) is 33.8. The number of aliphatic hydroxyl groups is 1. The topological polar surface area (TPSA) is 92.7 Å². The molecule has 0 aliphatic carbocycles. The maximum absolute atomic E-state index is 11.6. The molecule has 3 heterocycles. The lowest BCUT2D eigenvalue weighted by atomic mass is 10.2. The highest BCUT2D eigenvalue weighted by Gasteiger charge is 2.49. The fourth-order valence-electron chi connectivity index (χ4n) is 2.29. The molecule has 3 rings (SSSR count). The Labute approximate surface area is 132 Å². The summed E-state index contributed by atoms with van der Waals surface area (Å²) in [6, 6.07) is 0. The van der Waals surface area contributed by atoms with Crippen molar-refractivity contribution in [2.24, 2.45) is 0 Å². The molecule has 124 valence electrons. The molecule has 22 heavy (non-hydrogen) atoms. The number of ether oxygens (including phenoxy) is 3. The molecule has 0 unspecified atom stereocenters. The first-order chi connectivity index (χ1) is 10.3. The van der Waals surface area contributed by atoms with Gasteiger partial charge in [-0.3, -0.25) is 9.05 Å². The van der Waals surface area contributed by atoms with Crippen LogP contribution >= 0.6 is 6.72 Å². The van der Waals surface area contributed by atoms with Gasteiger partial charge in [-0.15, -0.1) is 0 Å². The van der Waals surface area contributed by atoms with Gasteiger partial charge in [0.25, 0.3) is 0 Å². The molecule has 10 heteroatoms. The molecular weight excluding hydrogens is 335 g/mol. The summed E-state index contributed by atoms with van der Waals surface area (Å²) < 4.78 is 32.5. The van der Waals surface area contributed by atoms with Crippen LogP contribution in [0, 0.1) is 0 Å². The van der Waals surface area contributed by atoms with Crippen molar-refractivity contribution < 1.29 is 37.7 Å². The fourth-order valence-corrected chi connectivity index (χ4v) is 4.29. The minimum absolute atomic E-state index is 0.110. The molecule has 3 aliphatic heterocycles. The van der Waals surface area contributed by atoms with Crippen molar-refractivity contribution >= 4 is 24.5 Å². The molecule has 2 atom stereocenters. The molecule has 0 aromatic heterocycles. The zero-order valence-electron chi connectivity index (χ0n) is 12.1. The van der Waals surface area contributed by atoms with E-state index < -0.39 is 36.4 Å². The number of hydrogen-bond donors (Lipinski definition) is 1. The van der Waals surface area contributed by atoms with E-state index in [1.807, 2.05) is 0 Å². The number of aliphatic hydroxyl groups excluding tert-OH is 1. The van der Waals surface area contributed by atoms with E-state index in [0.29, 0.717) is 19.6 Å². The van der Waals surface area contributed by atoms with Crippen molar-refractivity contribution in [3.63, 3.8) is 0 Å². The Kier molecular flexibility index (Phi) is 4.22. The Balaban J connectivity index is 1.79. The summed E-state index contributed by atoms with van der Waals surface area (Å²) in [7, 11) is 0. The van der Waals surface area contributed by atoms with Crippen molar-refractivity contribution in [1.29, 1.82) is 0 Å². The predicted octanol–water partition coefficient (Wildman–Crippen LogP) is 1.51. The highest BCUT2D eigenvalue weighted by atomic mass is 32.5. The van der Waals surface area contributed by atoms with Gasteiger partial charge in [0.2, 0.25) is 5.76 Å². The molecule has 3 aliphatic rings. The van der Waals surface area contributed by atoms with Crippen molar-refractivity contribution in [2.75, 3.05) is 19.8 Å². The van der Waals surface area contributed by atoms with Crippen molar-refractivity contribution in [1.82, 2.24) is 0 Å². The molecular formula is C12H17O8PS. The first-order valence-corrected chi connectivity index (χ1v) is 9.40. The third-order valence-corrected chi connectivity index (χ3v) is 5.56. The second kappa shape index (κ2) is 5.74. The molecule has 0 saturated carbocycles. The van der Waals surface area contributed by atoms with E-state index in [-0.39, 0.29) is 12.4 Å². The van der Waals surface area contributed by atoms with Gasteiger partial charge in [0.15, 0.2) is 17.7 Å². The summed E-state index contributed by atoms with van der Waals surface area (Å²) in [5.41, 5.74) is 0. The highest BCUT2D eigenvalue weighted by Crippen LogP contribution is 2.55. The summed E-state index contributed by atoms with van der Waals surface area (Å²) in [5.74, 6) is -2.45. The van der Waals surface area contributed by atoms with Gasteiger partial charge in [-0.05, 0) is 20.3 Å². The zero-order valence-corrected chi connectivity index (χ0v) is 13.9. The molecule has 0 bridgehead atoms. The fraction of sp³-hybridized carbons (Fsp3) is 0.750. The highest BCUT2D eigenvalue weighted by molar-refractivity contribution is 8.07. The van der Waals surface area contributed by atoms with E-state index in [1.54, 1.807) is 13.8 Å². The predicted molar refractivity (Wildman–Crippen MR) is 76.3 cm³/mol. The molecule has 2 fully saturated rings. The van der Waals surface area contributed by atoms with E-state index in [9.17, 15) is 9.90 Å². The largest absolute Gasteiger partial charge is 0.499 e. The Morgan fingerprint density at radius 2 is 2.05 bits per heavy atom. The maximum Gasteiger partial charge on any atom is 0.380 e. The smallest absolute Gasteiger partial charge is 0.380 e. The van der Waals surface area contributed by atoms with Gasteiger partial charge in [0.05, 0.1) is 19.8 Å². The maximum atomic E-state index is 11.6. The summed E-state index contributed by atoms with van der Waals surface area (Å²) in [5, 5.41) is 9.91. The first kappa shape index (κ1) is 16.2. The number of cyclic esters (lactones) is 1. The van der Waals surface area contributed by atoms with E-state index in [4.69, 9.17) is 39.6 Å². The van der Waals surface area contributed by atoms with Gasteiger partial charge in [-0.25, -0.2) is 4.79 Å². The summed E-state index contributed by atoms with van der Waals surface area (Å²) >= 11 is 5.21.